The van der Waals surface area contributed by atoms with E-state index >= 15 is 0 Å². The molecule has 2 nitrogen and oxygen atoms in total. The van der Waals surface area contributed by atoms with Gasteiger partial charge in [-0.3, -0.25) is 4.79 Å². The quantitative estimate of drug-likeness (QED) is 0.696. The number of amides is 1. The van der Waals surface area contributed by atoms with E-state index < -0.39 is 5.54 Å². The highest BCUT2D eigenvalue weighted by Crippen LogP contribution is 2.28. The number of rotatable bonds is 8. The molecule has 2 unspecified atom stereocenters. The van der Waals surface area contributed by atoms with Crippen LogP contribution in [0.25, 0.3) is 0 Å². The lowest BCUT2D eigenvalue weighted by molar-refractivity contribution is -0.125. The molecule has 1 N–H and O–H groups in total. The van der Waals surface area contributed by atoms with E-state index in [1.165, 1.54) is 0 Å². The third kappa shape index (κ3) is 4.62. The highest BCUT2D eigenvalue weighted by molar-refractivity contribution is 6.22. The molecule has 0 aliphatic heterocycles. The molecule has 0 aromatic heterocycles. The van der Waals surface area contributed by atoms with Gasteiger partial charge >= 0.3 is 0 Å². The van der Waals surface area contributed by atoms with Crippen LogP contribution in [0.15, 0.2) is 30.3 Å². The Hall–Kier alpha value is -0.730. The Bertz CT molecular complexity index is 423. The summed E-state index contributed by atoms with van der Waals surface area (Å²) in [5.74, 6) is 0.737. The summed E-state index contributed by atoms with van der Waals surface area (Å²) >= 11 is 12.1. The van der Waals surface area contributed by atoms with E-state index in [1.54, 1.807) is 0 Å². The van der Waals surface area contributed by atoms with Gasteiger partial charge in [0.15, 0.2) is 0 Å². The van der Waals surface area contributed by atoms with Crippen molar-refractivity contribution in [3.63, 3.8) is 0 Å². The molecule has 1 amide bonds. The third-order valence-electron chi connectivity index (χ3n) is 4.23. The van der Waals surface area contributed by atoms with Crippen LogP contribution in [0.4, 0.5) is 0 Å². The number of halogens is 2. The van der Waals surface area contributed by atoms with Gasteiger partial charge in [-0.1, -0.05) is 57.5 Å². The van der Waals surface area contributed by atoms with E-state index in [-0.39, 0.29) is 17.7 Å². The lowest BCUT2D eigenvalue weighted by atomic mass is 9.84. The number of nitrogens with one attached hydrogen (secondary N) is 1. The van der Waals surface area contributed by atoms with Crippen LogP contribution in [0.3, 0.4) is 0 Å². The zero-order valence-electron chi connectivity index (χ0n) is 13.0. The average Bonchev–Trinajstić information content (AvgIpc) is 2.53. The van der Waals surface area contributed by atoms with Crippen LogP contribution in [-0.4, -0.2) is 23.2 Å². The van der Waals surface area contributed by atoms with Gasteiger partial charge in [0, 0.05) is 11.8 Å². The minimum atomic E-state index is -0.527. The molecule has 21 heavy (non-hydrogen) atoms. The average molecular weight is 330 g/mol. The Labute approximate surface area is 138 Å². The minimum Gasteiger partial charge on any atom is -0.348 e. The number of benzene rings is 1. The fourth-order valence-corrected chi connectivity index (χ4v) is 3.15. The lowest BCUT2D eigenvalue weighted by Crippen LogP contribution is -2.53. The highest BCUT2D eigenvalue weighted by atomic mass is 35.5. The molecule has 0 heterocycles. The molecule has 1 rings (SSSR count). The maximum Gasteiger partial charge on any atom is 0.228 e. The second-order valence-electron chi connectivity index (χ2n) is 5.66. The molecule has 4 heteroatoms. The highest BCUT2D eigenvalue weighted by Gasteiger charge is 2.33. The van der Waals surface area contributed by atoms with Crippen LogP contribution in [0.1, 0.15) is 45.1 Å². The van der Waals surface area contributed by atoms with Gasteiger partial charge in [0.25, 0.3) is 0 Å². The lowest BCUT2D eigenvalue weighted by Gasteiger charge is -2.33. The van der Waals surface area contributed by atoms with Crippen LogP contribution >= 0.6 is 23.2 Å². The van der Waals surface area contributed by atoms with E-state index in [0.717, 1.165) is 12.0 Å². The molecule has 0 saturated carbocycles. The Balaban J connectivity index is 3.02. The summed E-state index contributed by atoms with van der Waals surface area (Å²) in [7, 11) is 0. The zero-order valence-corrected chi connectivity index (χ0v) is 14.5. The van der Waals surface area contributed by atoms with Gasteiger partial charge < -0.3 is 5.32 Å². The van der Waals surface area contributed by atoms with Crippen molar-refractivity contribution in [2.75, 3.05) is 11.8 Å². The predicted molar refractivity (Wildman–Crippen MR) is 91.2 cm³/mol. The molecule has 2 atom stereocenters. The van der Waals surface area contributed by atoms with Crippen LogP contribution in [0.2, 0.25) is 0 Å². The summed E-state index contributed by atoms with van der Waals surface area (Å²) in [4.78, 5) is 12.8. The summed E-state index contributed by atoms with van der Waals surface area (Å²) in [6.07, 6.45) is 1.65. The summed E-state index contributed by atoms with van der Waals surface area (Å²) in [5.41, 5.74) is 0.513. The summed E-state index contributed by atoms with van der Waals surface area (Å²) < 4.78 is 0. The summed E-state index contributed by atoms with van der Waals surface area (Å²) in [6.45, 7) is 6.20. The Morgan fingerprint density at radius 2 is 1.76 bits per heavy atom. The van der Waals surface area contributed by atoms with E-state index in [4.69, 9.17) is 23.2 Å². The Kier molecular flexibility index (Phi) is 7.55. The van der Waals surface area contributed by atoms with E-state index in [9.17, 15) is 4.79 Å². The van der Waals surface area contributed by atoms with Gasteiger partial charge in [0.1, 0.15) is 0 Å². The maximum absolute atomic E-state index is 12.8. The summed E-state index contributed by atoms with van der Waals surface area (Å²) in [6, 6.07) is 9.90. The molecule has 0 fully saturated rings. The van der Waals surface area contributed by atoms with Crippen LogP contribution < -0.4 is 5.32 Å². The smallest absolute Gasteiger partial charge is 0.228 e. The zero-order chi connectivity index (χ0) is 15.9. The topological polar surface area (TPSA) is 29.1 Å². The molecule has 1 aromatic carbocycles. The Morgan fingerprint density at radius 1 is 1.19 bits per heavy atom. The number of carbonyl (C=O) groups excluding carboxylic acids is 1. The largest absolute Gasteiger partial charge is 0.348 e. The predicted octanol–water partition coefficient (Wildman–Crippen LogP) is 4.56. The SMILES string of the molecule is CCC(C)C(C(=O)NC(CC)(CCl)CCl)c1ccccc1. The van der Waals surface area contributed by atoms with Gasteiger partial charge in [-0.05, 0) is 17.9 Å². The first-order chi connectivity index (χ1) is 10.0. The van der Waals surface area contributed by atoms with E-state index in [0.29, 0.717) is 18.2 Å². The third-order valence-corrected chi connectivity index (χ3v) is 5.25. The first-order valence-corrected chi connectivity index (χ1v) is 8.59. The van der Waals surface area contributed by atoms with Gasteiger partial charge in [0.2, 0.25) is 5.91 Å². The monoisotopic (exact) mass is 329 g/mol. The van der Waals surface area contributed by atoms with Crippen molar-refractivity contribution >= 4 is 29.1 Å². The number of hydrogen-bond donors (Lipinski definition) is 1. The maximum atomic E-state index is 12.8. The molecule has 0 spiro atoms. The van der Waals surface area contributed by atoms with Crippen molar-refractivity contribution in [2.24, 2.45) is 5.92 Å². The molecular formula is C17H25Cl2NO. The number of alkyl halides is 2. The molecular weight excluding hydrogens is 305 g/mol. The van der Waals surface area contributed by atoms with Crippen molar-refractivity contribution < 1.29 is 4.79 Å². The van der Waals surface area contributed by atoms with Crippen molar-refractivity contribution in [3.05, 3.63) is 35.9 Å². The van der Waals surface area contributed by atoms with Gasteiger partial charge in [-0.15, -0.1) is 23.2 Å². The Morgan fingerprint density at radius 3 is 2.19 bits per heavy atom. The van der Waals surface area contributed by atoms with Crippen LogP contribution in [-0.2, 0) is 4.79 Å². The molecule has 0 aliphatic carbocycles. The normalized spacial score (nSPS) is 14.5. The fraction of sp³-hybridized carbons (Fsp3) is 0.588. The van der Waals surface area contributed by atoms with E-state index in [2.05, 4.69) is 19.2 Å². The standard InChI is InChI=1S/C17H25Cl2NO/c1-4-13(3)15(14-9-7-6-8-10-14)16(21)20-17(5-2,11-18)12-19/h6-10,13,15H,4-5,11-12H2,1-3H3,(H,20,21). The van der Waals surface area contributed by atoms with Crippen molar-refractivity contribution in [2.45, 2.75) is 45.1 Å². The first kappa shape index (κ1) is 18.3. The fourth-order valence-electron chi connectivity index (χ4n) is 2.35. The second kappa shape index (κ2) is 8.65. The molecule has 0 radical (unpaired) electrons. The molecule has 1 aromatic rings. The summed E-state index contributed by atoms with van der Waals surface area (Å²) in [5, 5.41) is 3.09. The molecule has 0 saturated heterocycles. The first-order valence-electron chi connectivity index (χ1n) is 7.52. The van der Waals surface area contributed by atoms with Crippen LogP contribution in [0, 0.1) is 5.92 Å². The van der Waals surface area contributed by atoms with Gasteiger partial charge in [0.05, 0.1) is 11.5 Å². The molecule has 0 bridgehead atoms. The molecule has 0 aliphatic rings. The van der Waals surface area contributed by atoms with Crippen molar-refractivity contribution in [3.8, 4) is 0 Å². The van der Waals surface area contributed by atoms with Gasteiger partial charge in [-0.25, -0.2) is 0 Å². The van der Waals surface area contributed by atoms with Gasteiger partial charge in [-0.2, -0.15) is 0 Å². The number of hydrogen-bond acceptors (Lipinski definition) is 1. The van der Waals surface area contributed by atoms with Crippen molar-refractivity contribution in [1.29, 1.82) is 0 Å². The van der Waals surface area contributed by atoms with Crippen LogP contribution in [0.5, 0.6) is 0 Å². The van der Waals surface area contributed by atoms with E-state index in [1.807, 2.05) is 37.3 Å². The second-order valence-corrected chi connectivity index (χ2v) is 6.20. The van der Waals surface area contributed by atoms with Crippen molar-refractivity contribution in [1.82, 2.24) is 5.32 Å². The minimum absolute atomic E-state index is 0.0127. The molecule has 118 valence electrons. The number of carbonyl (C=O) groups is 1.